The molecule has 0 unspecified atom stereocenters. The second-order valence-corrected chi connectivity index (χ2v) is 7.76. The van der Waals surface area contributed by atoms with E-state index in [9.17, 15) is 9.59 Å². The molecule has 2 atom stereocenters. The molecule has 2 heterocycles. The van der Waals surface area contributed by atoms with E-state index in [4.69, 9.17) is 0 Å². The second-order valence-electron chi connectivity index (χ2n) is 7.76. The minimum absolute atomic E-state index is 0.00302. The maximum atomic E-state index is 12.7. The van der Waals surface area contributed by atoms with Crippen LogP contribution in [-0.4, -0.2) is 33.7 Å². The van der Waals surface area contributed by atoms with E-state index in [1.165, 1.54) is 21.9 Å². The number of hydrogen-bond acceptors (Lipinski definition) is 3. The van der Waals surface area contributed by atoms with E-state index in [2.05, 4.69) is 38.9 Å². The number of amides is 1. The van der Waals surface area contributed by atoms with Crippen LogP contribution < -0.4 is 5.56 Å². The van der Waals surface area contributed by atoms with Crippen LogP contribution in [0.25, 0.3) is 11.3 Å². The van der Waals surface area contributed by atoms with Gasteiger partial charge in [0.05, 0.1) is 5.69 Å². The first-order valence-electron chi connectivity index (χ1n) is 9.27. The fraction of sp³-hybridized carbons (Fsp3) is 0.476. The van der Waals surface area contributed by atoms with E-state index in [0.29, 0.717) is 17.5 Å². The summed E-state index contributed by atoms with van der Waals surface area (Å²) >= 11 is 0. The van der Waals surface area contributed by atoms with E-state index >= 15 is 0 Å². The van der Waals surface area contributed by atoms with Crippen molar-refractivity contribution >= 4 is 5.91 Å². The number of rotatable bonds is 3. The third-order valence-electron chi connectivity index (χ3n) is 5.18. The van der Waals surface area contributed by atoms with Gasteiger partial charge in [-0.05, 0) is 55.4 Å². The number of nitrogens with zero attached hydrogens (tertiary/aromatic N) is 3. The molecule has 0 saturated carbocycles. The van der Waals surface area contributed by atoms with E-state index < -0.39 is 0 Å². The van der Waals surface area contributed by atoms with Crippen molar-refractivity contribution in [2.45, 2.75) is 40.7 Å². The predicted molar refractivity (Wildman–Crippen MR) is 103 cm³/mol. The molecule has 3 rings (SSSR count). The molecule has 0 aliphatic carbocycles. The molecule has 26 heavy (non-hydrogen) atoms. The van der Waals surface area contributed by atoms with Gasteiger partial charge in [0.1, 0.15) is 6.54 Å². The van der Waals surface area contributed by atoms with Crippen molar-refractivity contribution in [3.05, 3.63) is 51.8 Å². The molecule has 1 amide bonds. The Balaban J connectivity index is 1.82. The molecule has 2 aromatic rings. The lowest BCUT2D eigenvalue weighted by Crippen LogP contribution is -2.45. The first-order valence-corrected chi connectivity index (χ1v) is 9.27. The first kappa shape index (κ1) is 18.4. The number of carbonyl (C=O) groups is 1. The number of aromatic nitrogens is 2. The topological polar surface area (TPSA) is 55.2 Å². The van der Waals surface area contributed by atoms with Crippen LogP contribution >= 0.6 is 0 Å². The number of hydrogen-bond donors (Lipinski definition) is 0. The number of carbonyl (C=O) groups excluding carboxylic acids is 1. The Hall–Kier alpha value is -2.43. The molecule has 1 aromatic heterocycles. The van der Waals surface area contributed by atoms with Crippen LogP contribution in [0.5, 0.6) is 0 Å². The summed E-state index contributed by atoms with van der Waals surface area (Å²) in [6.45, 7) is 9.96. The number of aryl methyl sites for hydroxylation is 2. The maximum Gasteiger partial charge on any atom is 0.267 e. The molecule has 1 saturated heterocycles. The molecule has 1 aliphatic rings. The van der Waals surface area contributed by atoms with Gasteiger partial charge in [-0.1, -0.05) is 26.0 Å². The van der Waals surface area contributed by atoms with Crippen LogP contribution in [0, 0.1) is 25.7 Å². The summed E-state index contributed by atoms with van der Waals surface area (Å²) in [7, 11) is 0. The van der Waals surface area contributed by atoms with Crippen molar-refractivity contribution in [2.24, 2.45) is 11.8 Å². The summed E-state index contributed by atoms with van der Waals surface area (Å²) in [5.41, 5.74) is 3.81. The lowest BCUT2D eigenvalue weighted by Gasteiger charge is -2.35. The molecule has 0 N–H and O–H groups in total. The highest BCUT2D eigenvalue weighted by Gasteiger charge is 2.25. The van der Waals surface area contributed by atoms with Crippen LogP contribution in [0.4, 0.5) is 0 Å². The normalized spacial score (nSPS) is 20.2. The van der Waals surface area contributed by atoms with Crippen molar-refractivity contribution in [3.8, 4) is 11.3 Å². The summed E-state index contributed by atoms with van der Waals surface area (Å²) in [5.74, 6) is 0.957. The van der Waals surface area contributed by atoms with Crippen molar-refractivity contribution < 1.29 is 4.79 Å². The Morgan fingerprint density at radius 2 is 1.77 bits per heavy atom. The quantitative estimate of drug-likeness (QED) is 0.852. The fourth-order valence-corrected chi connectivity index (χ4v) is 3.71. The lowest BCUT2D eigenvalue weighted by molar-refractivity contribution is -0.134. The zero-order valence-corrected chi connectivity index (χ0v) is 16.0. The zero-order chi connectivity index (χ0) is 18.8. The van der Waals surface area contributed by atoms with Gasteiger partial charge in [-0.15, -0.1) is 0 Å². The van der Waals surface area contributed by atoms with Gasteiger partial charge in [0.25, 0.3) is 5.56 Å². The van der Waals surface area contributed by atoms with Gasteiger partial charge in [-0.25, -0.2) is 4.68 Å². The third-order valence-corrected chi connectivity index (χ3v) is 5.18. The highest BCUT2D eigenvalue weighted by Crippen LogP contribution is 2.21. The zero-order valence-electron chi connectivity index (χ0n) is 16.0. The van der Waals surface area contributed by atoms with E-state index in [1.807, 2.05) is 17.0 Å². The first-order chi connectivity index (χ1) is 12.3. The van der Waals surface area contributed by atoms with E-state index in [0.717, 1.165) is 25.1 Å². The van der Waals surface area contributed by atoms with E-state index in [-0.39, 0.29) is 18.0 Å². The average molecular weight is 353 g/mol. The van der Waals surface area contributed by atoms with Gasteiger partial charge in [-0.2, -0.15) is 5.10 Å². The minimum atomic E-state index is -0.246. The van der Waals surface area contributed by atoms with Gasteiger partial charge in [0, 0.05) is 24.7 Å². The standard InChI is InChI=1S/C21H27N3O2/c1-14-9-15(2)12-23(11-14)21(26)13-24-20(25)8-7-19(22-24)18-6-5-16(3)17(4)10-18/h5-8,10,14-15H,9,11-13H2,1-4H3/t14-,15+. The van der Waals surface area contributed by atoms with Crippen LogP contribution in [0.15, 0.2) is 35.1 Å². The molecular weight excluding hydrogens is 326 g/mol. The summed E-state index contributed by atoms with van der Waals surface area (Å²) < 4.78 is 1.29. The molecule has 1 aliphatic heterocycles. The van der Waals surface area contributed by atoms with Crippen LogP contribution in [-0.2, 0) is 11.3 Å². The van der Waals surface area contributed by atoms with Gasteiger partial charge in [-0.3, -0.25) is 9.59 Å². The Kier molecular flexibility index (Phi) is 5.25. The fourth-order valence-electron chi connectivity index (χ4n) is 3.71. The van der Waals surface area contributed by atoms with E-state index in [1.54, 1.807) is 6.07 Å². The van der Waals surface area contributed by atoms with Crippen molar-refractivity contribution in [2.75, 3.05) is 13.1 Å². The van der Waals surface area contributed by atoms with Gasteiger partial charge in [0.2, 0.25) is 5.91 Å². The smallest absolute Gasteiger partial charge is 0.267 e. The SMILES string of the molecule is Cc1ccc(-c2ccc(=O)n(CC(=O)N3C[C@H](C)C[C@H](C)C3)n2)cc1C. The molecule has 5 heteroatoms. The maximum absolute atomic E-state index is 12.7. The number of likely N-dealkylation sites (tertiary alicyclic amines) is 1. The molecule has 0 radical (unpaired) electrons. The molecule has 5 nitrogen and oxygen atoms in total. The van der Waals surface area contributed by atoms with Gasteiger partial charge < -0.3 is 4.90 Å². The lowest BCUT2D eigenvalue weighted by atomic mass is 9.92. The molecule has 0 spiro atoms. The third kappa shape index (κ3) is 4.03. The summed E-state index contributed by atoms with van der Waals surface area (Å²) in [4.78, 5) is 26.8. The van der Waals surface area contributed by atoms with Gasteiger partial charge in [0.15, 0.2) is 0 Å². The van der Waals surface area contributed by atoms with Gasteiger partial charge >= 0.3 is 0 Å². The van der Waals surface area contributed by atoms with Crippen LogP contribution in [0.1, 0.15) is 31.4 Å². The highest BCUT2D eigenvalue weighted by molar-refractivity contribution is 5.76. The van der Waals surface area contributed by atoms with Crippen molar-refractivity contribution in [1.29, 1.82) is 0 Å². The monoisotopic (exact) mass is 353 g/mol. The largest absolute Gasteiger partial charge is 0.341 e. The summed E-state index contributed by atoms with van der Waals surface area (Å²) in [6, 6.07) is 9.31. The number of benzene rings is 1. The molecular formula is C21H27N3O2. The molecule has 138 valence electrons. The highest BCUT2D eigenvalue weighted by atomic mass is 16.2. The Labute approximate surface area is 154 Å². The van der Waals surface area contributed by atoms with Crippen molar-refractivity contribution in [1.82, 2.24) is 14.7 Å². The molecule has 0 bridgehead atoms. The summed E-state index contributed by atoms with van der Waals surface area (Å²) in [6.07, 6.45) is 1.14. The van der Waals surface area contributed by atoms with Crippen LogP contribution in [0.2, 0.25) is 0 Å². The van der Waals surface area contributed by atoms with Crippen LogP contribution in [0.3, 0.4) is 0 Å². The summed E-state index contributed by atoms with van der Waals surface area (Å²) in [5, 5.41) is 4.44. The Morgan fingerprint density at radius 3 is 2.42 bits per heavy atom. The molecule has 1 fully saturated rings. The van der Waals surface area contributed by atoms with Crippen molar-refractivity contribution in [3.63, 3.8) is 0 Å². The molecule has 1 aromatic carbocycles. The Morgan fingerprint density at radius 1 is 1.08 bits per heavy atom. The predicted octanol–water partition coefficient (Wildman–Crippen LogP) is 3.03. The Bertz CT molecular complexity index is 862. The minimum Gasteiger partial charge on any atom is -0.341 e. The second kappa shape index (κ2) is 7.44. The number of piperidine rings is 1. The average Bonchev–Trinajstić information content (AvgIpc) is 2.58.